The van der Waals surface area contributed by atoms with Crippen molar-refractivity contribution >= 4 is 5.91 Å². The summed E-state index contributed by atoms with van der Waals surface area (Å²) in [5.74, 6) is 0.292. The van der Waals surface area contributed by atoms with Crippen LogP contribution in [0.15, 0.2) is 18.6 Å². The zero-order chi connectivity index (χ0) is 19.2. The number of hydrogen-bond acceptors (Lipinski definition) is 6. The van der Waals surface area contributed by atoms with Crippen LogP contribution in [-0.4, -0.2) is 49.5 Å². The summed E-state index contributed by atoms with van der Waals surface area (Å²) in [5.41, 5.74) is 1.94. The van der Waals surface area contributed by atoms with Crippen molar-refractivity contribution in [1.29, 1.82) is 0 Å². The van der Waals surface area contributed by atoms with Crippen molar-refractivity contribution < 1.29 is 14.6 Å². The van der Waals surface area contributed by atoms with E-state index in [-0.39, 0.29) is 36.2 Å². The Morgan fingerprint density at radius 3 is 2.89 bits per heavy atom. The van der Waals surface area contributed by atoms with Crippen molar-refractivity contribution in [2.45, 2.75) is 58.3 Å². The molecule has 27 heavy (non-hydrogen) atoms. The molecule has 0 saturated carbocycles. The third-order valence-electron chi connectivity index (χ3n) is 5.38. The number of carbonyl (C=O) groups is 1. The van der Waals surface area contributed by atoms with Gasteiger partial charge in [0, 0.05) is 24.4 Å². The smallest absolute Gasteiger partial charge is 0.272 e. The molecule has 1 amide bonds. The molecule has 2 aromatic rings. The predicted octanol–water partition coefficient (Wildman–Crippen LogP) is 1.58. The van der Waals surface area contributed by atoms with Crippen molar-refractivity contribution in [2.75, 3.05) is 6.61 Å². The Morgan fingerprint density at radius 1 is 1.41 bits per heavy atom. The number of carbonyl (C=O) groups excluding carboxylic acids is 1. The number of fused-ring (bicyclic) bond motifs is 4. The van der Waals surface area contributed by atoms with Crippen LogP contribution in [0.25, 0.3) is 5.82 Å². The largest absolute Gasteiger partial charge is 0.394 e. The zero-order valence-corrected chi connectivity index (χ0v) is 15.8. The number of hydrogen-bond donors (Lipinski definition) is 2. The predicted molar refractivity (Wildman–Crippen MR) is 97.5 cm³/mol. The highest BCUT2D eigenvalue weighted by molar-refractivity contribution is 5.94. The first kappa shape index (κ1) is 18.1. The molecule has 3 atom stereocenters. The number of aliphatic hydroxyl groups excluding tert-OH is 1. The molecule has 0 aromatic carbocycles. The summed E-state index contributed by atoms with van der Waals surface area (Å²) in [7, 11) is 0. The monoisotopic (exact) mass is 371 g/mol. The molecule has 2 bridgehead atoms. The highest BCUT2D eigenvalue weighted by atomic mass is 16.5. The van der Waals surface area contributed by atoms with Crippen LogP contribution in [0.5, 0.6) is 0 Å². The van der Waals surface area contributed by atoms with Gasteiger partial charge in [-0.05, 0) is 18.3 Å². The Bertz CT molecular complexity index is 843. The number of rotatable bonds is 4. The van der Waals surface area contributed by atoms with Crippen LogP contribution in [0.1, 0.15) is 61.5 Å². The molecule has 4 heterocycles. The van der Waals surface area contributed by atoms with E-state index in [1.807, 2.05) is 20.8 Å². The summed E-state index contributed by atoms with van der Waals surface area (Å²) in [6.07, 6.45) is 7.43. The molecule has 2 aliphatic rings. The summed E-state index contributed by atoms with van der Waals surface area (Å²) in [5, 5.41) is 17.2. The molecule has 2 aromatic heterocycles. The fraction of sp³-hybridized carbons (Fsp3) is 0.579. The summed E-state index contributed by atoms with van der Waals surface area (Å²) in [4.78, 5) is 21.5. The molecular formula is C19H25N5O3. The number of aliphatic hydroxyl groups is 1. The first-order chi connectivity index (χ1) is 12.9. The summed E-state index contributed by atoms with van der Waals surface area (Å²) >= 11 is 0. The van der Waals surface area contributed by atoms with E-state index in [2.05, 4.69) is 20.4 Å². The molecule has 2 N–H and O–H groups in total. The van der Waals surface area contributed by atoms with Gasteiger partial charge in [0.15, 0.2) is 11.5 Å². The van der Waals surface area contributed by atoms with Crippen molar-refractivity contribution in [3.8, 4) is 5.82 Å². The minimum Gasteiger partial charge on any atom is -0.394 e. The maximum absolute atomic E-state index is 13.0. The maximum Gasteiger partial charge on any atom is 0.272 e. The molecular weight excluding hydrogens is 346 g/mol. The number of amides is 1. The zero-order valence-electron chi connectivity index (χ0n) is 15.8. The van der Waals surface area contributed by atoms with Gasteiger partial charge in [-0.3, -0.25) is 9.78 Å². The van der Waals surface area contributed by atoms with E-state index in [1.54, 1.807) is 23.3 Å². The van der Waals surface area contributed by atoms with Crippen LogP contribution in [0.2, 0.25) is 0 Å². The molecule has 8 nitrogen and oxygen atoms in total. The average molecular weight is 371 g/mol. The van der Waals surface area contributed by atoms with Crippen LogP contribution in [-0.2, 0) is 11.2 Å². The Balaban J connectivity index is 1.75. The molecule has 2 aliphatic heterocycles. The minimum atomic E-state index is -0.362. The number of nitrogens with one attached hydrogen (secondary N) is 1. The van der Waals surface area contributed by atoms with Gasteiger partial charge in [-0.1, -0.05) is 20.8 Å². The van der Waals surface area contributed by atoms with E-state index in [0.29, 0.717) is 17.9 Å². The number of ether oxygens (including phenoxy) is 1. The Kier molecular flexibility index (Phi) is 4.47. The van der Waals surface area contributed by atoms with Crippen molar-refractivity contribution in [1.82, 2.24) is 25.1 Å². The SMILES string of the molecule is CC(C)(C)[C@@H](CO)NC(=O)c1nn(-c2cnccn2)c2c1C[C@@H]1CC[C@H]2O1. The van der Waals surface area contributed by atoms with Gasteiger partial charge < -0.3 is 15.2 Å². The van der Waals surface area contributed by atoms with Gasteiger partial charge in [0.2, 0.25) is 0 Å². The highest BCUT2D eigenvalue weighted by Crippen LogP contribution is 2.42. The number of nitrogens with zero attached hydrogens (tertiary/aromatic N) is 4. The summed E-state index contributed by atoms with van der Waals surface area (Å²) < 4.78 is 7.74. The molecule has 0 aliphatic carbocycles. The van der Waals surface area contributed by atoms with Crippen molar-refractivity contribution in [3.05, 3.63) is 35.5 Å². The van der Waals surface area contributed by atoms with Gasteiger partial charge in [-0.25, -0.2) is 9.67 Å². The van der Waals surface area contributed by atoms with Crippen molar-refractivity contribution in [2.24, 2.45) is 5.41 Å². The first-order valence-electron chi connectivity index (χ1n) is 9.34. The Morgan fingerprint density at radius 2 is 2.22 bits per heavy atom. The van der Waals surface area contributed by atoms with E-state index in [9.17, 15) is 9.90 Å². The van der Waals surface area contributed by atoms with Gasteiger partial charge in [-0.2, -0.15) is 5.10 Å². The van der Waals surface area contributed by atoms with E-state index < -0.39 is 0 Å². The Labute approximate surface area is 158 Å². The van der Waals surface area contributed by atoms with Gasteiger partial charge in [0.05, 0.1) is 30.6 Å². The fourth-order valence-electron chi connectivity index (χ4n) is 3.80. The second kappa shape index (κ2) is 6.69. The second-order valence-electron chi connectivity index (χ2n) is 8.29. The van der Waals surface area contributed by atoms with E-state index >= 15 is 0 Å². The van der Waals surface area contributed by atoms with Crippen LogP contribution < -0.4 is 5.32 Å². The quantitative estimate of drug-likeness (QED) is 0.846. The van der Waals surface area contributed by atoms with Crippen LogP contribution in [0.3, 0.4) is 0 Å². The summed E-state index contributed by atoms with van der Waals surface area (Å²) in [6.45, 7) is 5.82. The average Bonchev–Trinajstić information content (AvgIpc) is 3.21. The fourth-order valence-corrected chi connectivity index (χ4v) is 3.80. The van der Waals surface area contributed by atoms with E-state index in [4.69, 9.17) is 4.74 Å². The topological polar surface area (TPSA) is 102 Å². The third kappa shape index (κ3) is 3.23. The van der Waals surface area contributed by atoms with Crippen LogP contribution in [0.4, 0.5) is 0 Å². The van der Waals surface area contributed by atoms with Gasteiger partial charge in [-0.15, -0.1) is 0 Å². The molecule has 0 unspecified atom stereocenters. The van der Waals surface area contributed by atoms with Gasteiger partial charge in [0.1, 0.15) is 6.10 Å². The summed E-state index contributed by atoms with van der Waals surface area (Å²) in [6, 6.07) is -0.362. The molecule has 144 valence electrons. The van der Waals surface area contributed by atoms with Gasteiger partial charge >= 0.3 is 0 Å². The lowest BCUT2D eigenvalue weighted by atomic mass is 9.87. The highest BCUT2D eigenvalue weighted by Gasteiger charge is 2.41. The second-order valence-corrected chi connectivity index (χ2v) is 8.29. The van der Waals surface area contributed by atoms with Crippen LogP contribution >= 0.6 is 0 Å². The first-order valence-corrected chi connectivity index (χ1v) is 9.34. The molecule has 1 fully saturated rings. The molecule has 0 spiro atoms. The number of aromatic nitrogens is 4. The lowest BCUT2D eigenvalue weighted by molar-refractivity contribution is 0.0284. The third-order valence-corrected chi connectivity index (χ3v) is 5.38. The van der Waals surface area contributed by atoms with Crippen LogP contribution in [0, 0.1) is 5.41 Å². The van der Waals surface area contributed by atoms with Crippen molar-refractivity contribution in [3.63, 3.8) is 0 Å². The Hall–Kier alpha value is -2.32. The normalized spacial score (nSPS) is 22.4. The lowest BCUT2D eigenvalue weighted by Gasteiger charge is -2.29. The molecule has 8 heteroatoms. The molecule has 4 rings (SSSR count). The standard InChI is InChI=1S/C19H25N5O3/c1-19(2,3)14(10-25)22-18(26)16-12-8-11-4-5-13(27-11)17(12)24(23-16)15-9-20-6-7-21-15/h6-7,9,11,13-14,25H,4-5,8,10H2,1-3H3,(H,22,26)/t11-,13+,14+/m0/s1. The lowest BCUT2D eigenvalue weighted by Crippen LogP contribution is -2.46. The maximum atomic E-state index is 13.0. The van der Waals surface area contributed by atoms with Gasteiger partial charge in [0.25, 0.3) is 5.91 Å². The van der Waals surface area contributed by atoms with E-state index in [1.165, 1.54) is 0 Å². The minimum absolute atomic E-state index is 0.0777. The van der Waals surface area contributed by atoms with E-state index in [0.717, 1.165) is 24.1 Å². The molecule has 0 radical (unpaired) electrons. The molecule has 1 saturated heterocycles.